The van der Waals surface area contributed by atoms with Gasteiger partial charge in [-0.1, -0.05) is 20.3 Å². The van der Waals surface area contributed by atoms with Crippen LogP contribution in [0.1, 0.15) is 39.5 Å². The van der Waals surface area contributed by atoms with Crippen LogP contribution in [-0.2, 0) is 9.59 Å². The maximum absolute atomic E-state index is 11.9. The molecule has 0 heterocycles. The van der Waals surface area contributed by atoms with Gasteiger partial charge in [0, 0.05) is 18.0 Å². The maximum Gasteiger partial charge on any atom is 0.303 e. The molecule has 1 atom stereocenters. The van der Waals surface area contributed by atoms with Gasteiger partial charge in [0.2, 0.25) is 5.91 Å². The molecule has 0 aliphatic carbocycles. The molecule has 21 heavy (non-hydrogen) atoms. The van der Waals surface area contributed by atoms with E-state index in [1.165, 1.54) is 0 Å². The second-order valence-electron chi connectivity index (χ2n) is 5.05. The van der Waals surface area contributed by atoms with Gasteiger partial charge in [-0.2, -0.15) is 0 Å². The van der Waals surface area contributed by atoms with Crippen molar-refractivity contribution in [1.82, 2.24) is 0 Å². The van der Waals surface area contributed by atoms with E-state index in [1.807, 2.05) is 6.92 Å². The lowest BCUT2D eigenvalue weighted by Gasteiger charge is -2.11. The van der Waals surface area contributed by atoms with Gasteiger partial charge in [0.05, 0.1) is 6.61 Å². The van der Waals surface area contributed by atoms with Crippen molar-refractivity contribution in [3.05, 3.63) is 24.3 Å². The quantitative estimate of drug-likeness (QED) is 0.685. The smallest absolute Gasteiger partial charge is 0.303 e. The number of benzene rings is 1. The highest BCUT2D eigenvalue weighted by atomic mass is 16.5. The van der Waals surface area contributed by atoms with E-state index in [9.17, 15) is 9.59 Å². The molecule has 0 aliphatic heterocycles. The molecule has 5 nitrogen and oxygen atoms in total. The van der Waals surface area contributed by atoms with Gasteiger partial charge >= 0.3 is 5.97 Å². The predicted molar refractivity (Wildman–Crippen MR) is 81.5 cm³/mol. The molecule has 2 N–H and O–H groups in total. The molecule has 0 spiro atoms. The van der Waals surface area contributed by atoms with E-state index < -0.39 is 5.97 Å². The first-order valence-corrected chi connectivity index (χ1v) is 7.28. The summed E-state index contributed by atoms with van der Waals surface area (Å²) < 4.78 is 5.43. The summed E-state index contributed by atoms with van der Waals surface area (Å²) in [5.41, 5.74) is 0.737. The number of amides is 1. The van der Waals surface area contributed by atoms with Gasteiger partial charge in [-0.25, -0.2) is 0 Å². The van der Waals surface area contributed by atoms with Crippen LogP contribution in [0.25, 0.3) is 0 Å². The molecule has 1 aromatic carbocycles. The largest absolute Gasteiger partial charge is 0.494 e. The molecule has 116 valence electrons. The summed E-state index contributed by atoms with van der Waals surface area (Å²) >= 11 is 0. The van der Waals surface area contributed by atoms with Crippen molar-refractivity contribution in [2.24, 2.45) is 5.92 Å². The molecule has 1 unspecified atom stereocenters. The Balaban J connectivity index is 2.39. The molecule has 0 aliphatic rings. The number of aliphatic carboxylic acids is 1. The van der Waals surface area contributed by atoms with Crippen molar-refractivity contribution in [3.63, 3.8) is 0 Å². The Morgan fingerprint density at radius 3 is 2.52 bits per heavy atom. The third kappa shape index (κ3) is 6.79. The van der Waals surface area contributed by atoms with Gasteiger partial charge in [0.1, 0.15) is 5.75 Å². The van der Waals surface area contributed by atoms with E-state index in [2.05, 4.69) is 12.2 Å². The van der Waals surface area contributed by atoms with Crippen LogP contribution in [0.3, 0.4) is 0 Å². The summed E-state index contributed by atoms with van der Waals surface area (Å²) in [7, 11) is 0. The zero-order valence-electron chi connectivity index (χ0n) is 12.6. The molecule has 0 radical (unpaired) electrons. The topological polar surface area (TPSA) is 75.6 Å². The van der Waals surface area contributed by atoms with Crippen LogP contribution in [-0.4, -0.2) is 23.6 Å². The van der Waals surface area contributed by atoms with Crippen molar-refractivity contribution in [3.8, 4) is 5.75 Å². The van der Waals surface area contributed by atoms with Crippen LogP contribution in [0.15, 0.2) is 24.3 Å². The van der Waals surface area contributed by atoms with E-state index in [1.54, 1.807) is 24.3 Å². The molecule has 0 fully saturated rings. The van der Waals surface area contributed by atoms with Crippen molar-refractivity contribution >= 4 is 17.6 Å². The lowest BCUT2D eigenvalue weighted by Crippen LogP contribution is -2.20. The van der Waals surface area contributed by atoms with Crippen molar-refractivity contribution in [2.75, 3.05) is 11.9 Å². The fourth-order valence-electron chi connectivity index (χ4n) is 1.88. The molecular formula is C16H23NO4. The first-order valence-electron chi connectivity index (χ1n) is 7.28. The van der Waals surface area contributed by atoms with Gasteiger partial charge in [0.15, 0.2) is 0 Å². The highest BCUT2D eigenvalue weighted by Crippen LogP contribution is 2.17. The number of ether oxygens (including phenoxy) is 1. The molecule has 0 saturated carbocycles. The Labute approximate surface area is 125 Å². The molecule has 1 amide bonds. The van der Waals surface area contributed by atoms with E-state index in [4.69, 9.17) is 9.84 Å². The zero-order valence-corrected chi connectivity index (χ0v) is 12.6. The van der Waals surface area contributed by atoms with E-state index >= 15 is 0 Å². The number of carboxylic acid groups (broad SMARTS) is 1. The van der Waals surface area contributed by atoms with Crippen LogP contribution in [0.2, 0.25) is 0 Å². The van der Waals surface area contributed by atoms with Gasteiger partial charge < -0.3 is 15.2 Å². The Bertz CT molecular complexity index is 456. The highest BCUT2D eigenvalue weighted by molar-refractivity contribution is 5.92. The van der Waals surface area contributed by atoms with Crippen LogP contribution in [0.4, 0.5) is 5.69 Å². The maximum atomic E-state index is 11.9. The van der Waals surface area contributed by atoms with E-state index in [0.29, 0.717) is 18.8 Å². The average molecular weight is 293 g/mol. The SMILES string of the molecule is CCCC(C)C(=O)Nc1ccc(OCCCC(=O)O)cc1. The number of nitrogens with one attached hydrogen (secondary N) is 1. The normalized spacial score (nSPS) is 11.7. The second-order valence-corrected chi connectivity index (χ2v) is 5.05. The first-order chi connectivity index (χ1) is 10.0. The summed E-state index contributed by atoms with van der Waals surface area (Å²) in [5.74, 6) is -0.133. The minimum absolute atomic E-state index is 0.00180. The van der Waals surface area contributed by atoms with Gasteiger partial charge in [-0.3, -0.25) is 9.59 Å². The highest BCUT2D eigenvalue weighted by Gasteiger charge is 2.11. The van der Waals surface area contributed by atoms with E-state index in [-0.39, 0.29) is 18.2 Å². The molecular weight excluding hydrogens is 270 g/mol. The number of carboxylic acids is 1. The fourth-order valence-corrected chi connectivity index (χ4v) is 1.88. The van der Waals surface area contributed by atoms with Gasteiger partial charge in [-0.05, 0) is 37.1 Å². The molecule has 1 rings (SSSR count). The van der Waals surface area contributed by atoms with Gasteiger partial charge in [-0.15, -0.1) is 0 Å². The summed E-state index contributed by atoms with van der Waals surface area (Å²) in [6.07, 6.45) is 2.43. The second kappa shape index (κ2) is 9.00. The van der Waals surface area contributed by atoms with Crippen molar-refractivity contribution in [2.45, 2.75) is 39.5 Å². The molecule has 5 heteroatoms. The third-order valence-electron chi connectivity index (χ3n) is 3.09. The number of carbonyl (C=O) groups excluding carboxylic acids is 1. The lowest BCUT2D eigenvalue weighted by atomic mass is 10.1. The Morgan fingerprint density at radius 2 is 1.95 bits per heavy atom. The number of hydrogen-bond donors (Lipinski definition) is 2. The first kappa shape index (κ1) is 17.0. The summed E-state index contributed by atoms with van der Waals surface area (Å²) in [4.78, 5) is 22.2. The molecule has 0 bridgehead atoms. The predicted octanol–water partition coefficient (Wildman–Crippen LogP) is 3.30. The van der Waals surface area contributed by atoms with Crippen LogP contribution < -0.4 is 10.1 Å². The number of anilines is 1. The standard InChI is InChI=1S/C16H23NO4/c1-3-5-12(2)16(20)17-13-7-9-14(10-8-13)21-11-4-6-15(18)19/h7-10,12H,3-6,11H2,1-2H3,(H,17,20)(H,18,19). The van der Waals surface area contributed by atoms with E-state index in [0.717, 1.165) is 18.5 Å². The monoisotopic (exact) mass is 293 g/mol. The number of rotatable bonds is 9. The van der Waals surface area contributed by atoms with Crippen LogP contribution in [0, 0.1) is 5.92 Å². The third-order valence-corrected chi connectivity index (χ3v) is 3.09. The minimum atomic E-state index is -0.821. The fraction of sp³-hybridized carbons (Fsp3) is 0.500. The number of carbonyl (C=O) groups is 2. The average Bonchev–Trinajstić information content (AvgIpc) is 2.45. The number of hydrogen-bond acceptors (Lipinski definition) is 3. The van der Waals surface area contributed by atoms with Crippen molar-refractivity contribution < 1.29 is 19.4 Å². The Kier molecular flexibility index (Phi) is 7.29. The Morgan fingerprint density at radius 1 is 1.29 bits per heavy atom. The molecule has 0 aromatic heterocycles. The summed E-state index contributed by atoms with van der Waals surface area (Å²) in [5, 5.41) is 11.4. The van der Waals surface area contributed by atoms with Crippen LogP contribution in [0.5, 0.6) is 5.75 Å². The minimum Gasteiger partial charge on any atom is -0.494 e. The Hall–Kier alpha value is -2.04. The molecule has 0 saturated heterocycles. The zero-order chi connectivity index (χ0) is 15.7. The summed E-state index contributed by atoms with van der Waals surface area (Å²) in [6.45, 7) is 4.34. The van der Waals surface area contributed by atoms with Gasteiger partial charge in [0.25, 0.3) is 0 Å². The van der Waals surface area contributed by atoms with Crippen LogP contribution >= 0.6 is 0 Å². The molecule has 1 aromatic rings. The van der Waals surface area contributed by atoms with Crippen molar-refractivity contribution in [1.29, 1.82) is 0 Å². The summed E-state index contributed by atoms with van der Waals surface area (Å²) in [6, 6.07) is 7.09. The lowest BCUT2D eigenvalue weighted by molar-refractivity contribution is -0.137.